The molecule has 0 saturated carbocycles. The van der Waals surface area contributed by atoms with Gasteiger partial charge < -0.3 is 10.5 Å². The van der Waals surface area contributed by atoms with E-state index in [9.17, 15) is 8.42 Å². The van der Waals surface area contributed by atoms with Crippen LogP contribution in [0.25, 0.3) is 0 Å². The molecule has 0 fully saturated rings. The Labute approximate surface area is 110 Å². The van der Waals surface area contributed by atoms with Gasteiger partial charge in [-0.2, -0.15) is 5.10 Å². The first-order chi connectivity index (χ1) is 9.03. The maximum Gasteiger partial charge on any atom is 0.242 e. The van der Waals surface area contributed by atoms with Crippen LogP contribution in [0.15, 0.2) is 35.5 Å². The molecule has 8 heteroatoms. The van der Waals surface area contributed by atoms with Crippen molar-refractivity contribution in [2.24, 2.45) is 0 Å². The average molecular weight is 282 g/mol. The third kappa shape index (κ3) is 3.04. The smallest absolute Gasteiger partial charge is 0.242 e. The largest absolute Gasteiger partial charge is 0.497 e. The lowest BCUT2D eigenvalue weighted by Crippen LogP contribution is -2.24. The van der Waals surface area contributed by atoms with Crippen molar-refractivity contribution in [1.82, 2.24) is 14.9 Å². The van der Waals surface area contributed by atoms with E-state index in [0.717, 1.165) is 5.56 Å². The van der Waals surface area contributed by atoms with Crippen molar-refractivity contribution in [1.29, 1.82) is 0 Å². The summed E-state index contributed by atoms with van der Waals surface area (Å²) < 4.78 is 31.6. The molecular formula is C11H14N4O3S. The van der Waals surface area contributed by atoms with Crippen molar-refractivity contribution in [2.75, 3.05) is 12.8 Å². The standard InChI is InChI=1S/C11H14N4O3S/c1-18-9-2-3-11(10(12)4-9)19(16,17)15-7-8-5-13-14-6-8/h2-6,15H,7,12H2,1H3,(H,13,14). The Morgan fingerprint density at radius 3 is 2.84 bits per heavy atom. The van der Waals surface area contributed by atoms with E-state index in [2.05, 4.69) is 14.9 Å². The molecule has 0 saturated heterocycles. The third-order valence-corrected chi connectivity index (χ3v) is 4.00. The van der Waals surface area contributed by atoms with Gasteiger partial charge in [0.15, 0.2) is 0 Å². The first-order valence-corrected chi connectivity index (χ1v) is 6.92. The van der Waals surface area contributed by atoms with Crippen LogP contribution in [-0.2, 0) is 16.6 Å². The summed E-state index contributed by atoms with van der Waals surface area (Å²) in [4.78, 5) is 0.0248. The van der Waals surface area contributed by atoms with Crippen molar-refractivity contribution < 1.29 is 13.2 Å². The number of aromatic nitrogens is 2. The second-order valence-electron chi connectivity index (χ2n) is 3.83. The van der Waals surface area contributed by atoms with Gasteiger partial charge in [0.1, 0.15) is 10.6 Å². The van der Waals surface area contributed by atoms with E-state index in [0.29, 0.717) is 5.75 Å². The van der Waals surface area contributed by atoms with Crippen LogP contribution in [-0.4, -0.2) is 25.7 Å². The lowest BCUT2D eigenvalue weighted by Gasteiger charge is -2.09. The molecule has 4 N–H and O–H groups in total. The number of nitrogens with one attached hydrogen (secondary N) is 2. The monoisotopic (exact) mass is 282 g/mol. The fourth-order valence-corrected chi connectivity index (χ4v) is 2.66. The van der Waals surface area contributed by atoms with Crippen molar-refractivity contribution in [3.8, 4) is 5.75 Å². The molecule has 0 aliphatic carbocycles. The number of H-pyrrole nitrogens is 1. The van der Waals surface area contributed by atoms with E-state index >= 15 is 0 Å². The molecule has 0 spiro atoms. The predicted octanol–water partition coefficient (Wildman–Crippen LogP) is 0.479. The van der Waals surface area contributed by atoms with Crippen LogP contribution in [0.4, 0.5) is 5.69 Å². The molecule has 102 valence electrons. The zero-order valence-electron chi connectivity index (χ0n) is 10.3. The number of hydrogen-bond donors (Lipinski definition) is 3. The summed E-state index contributed by atoms with van der Waals surface area (Å²) >= 11 is 0. The quantitative estimate of drug-likeness (QED) is 0.691. The zero-order valence-corrected chi connectivity index (χ0v) is 11.1. The van der Waals surface area contributed by atoms with Crippen molar-refractivity contribution in [3.63, 3.8) is 0 Å². The minimum Gasteiger partial charge on any atom is -0.497 e. The molecule has 0 bridgehead atoms. The minimum absolute atomic E-state index is 0.0248. The lowest BCUT2D eigenvalue weighted by atomic mass is 10.3. The molecule has 0 atom stereocenters. The third-order valence-electron chi connectivity index (χ3n) is 2.53. The number of hydrogen-bond acceptors (Lipinski definition) is 5. The maximum absolute atomic E-state index is 12.1. The molecule has 1 aromatic heterocycles. The molecule has 2 aromatic rings. The number of nitrogens with two attached hydrogens (primary N) is 1. The fourth-order valence-electron chi connectivity index (χ4n) is 1.53. The molecule has 0 unspecified atom stereocenters. The van der Waals surface area contributed by atoms with Gasteiger partial charge in [-0.1, -0.05) is 0 Å². The molecular weight excluding hydrogens is 268 g/mol. The van der Waals surface area contributed by atoms with Gasteiger partial charge in [0.2, 0.25) is 10.0 Å². The van der Waals surface area contributed by atoms with Gasteiger partial charge >= 0.3 is 0 Å². The number of methoxy groups -OCH3 is 1. The van der Waals surface area contributed by atoms with Crippen LogP contribution in [0.1, 0.15) is 5.56 Å². The Kier molecular flexibility index (Phi) is 3.72. The second kappa shape index (κ2) is 5.29. The number of nitrogen functional groups attached to an aromatic ring is 1. The predicted molar refractivity (Wildman–Crippen MR) is 70.0 cm³/mol. The summed E-state index contributed by atoms with van der Waals surface area (Å²) in [5, 5.41) is 6.34. The first kappa shape index (κ1) is 13.4. The molecule has 0 aliphatic heterocycles. The number of benzene rings is 1. The van der Waals surface area contributed by atoms with Crippen LogP contribution in [0.5, 0.6) is 5.75 Å². The normalized spacial score (nSPS) is 11.4. The summed E-state index contributed by atoms with van der Waals surface area (Å²) in [5.41, 5.74) is 6.58. The van der Waals surface area contributed by atoms with Gasteiger partial charge in [0.05, 0.1) is 19.0 Å². The lowest BCUT2D eigenvalue weighted by molar-refractivity contribution is 0.414. The Morgan fingerprint density at radius 2 is 2.26 bits per heavy atom. The van der Waals surface area contributed by atoms with Crippen molar-refractivity contribution in [2.45, 2.75) is 11.4 Å². The molecule has 7 nitrogen and oxygen atoms in total. The second-order valence-corrected chi connectivity index (χ2v) is 5.57. The summed E-state index contributed by atoms with van der Waals surface area (Å²) in [5.74, 6) is 0.506. The molecule has 0 amide bonds. The van der Waals surface area contributed by atoms with E-state index in [-0.39, 0.29) is 17.1 Å². The molecule has 1 heterocycles. The number of aromatic amines is 1. The SMILES string of the molecule is COc1ccc(S(=O)(=O)NCc2cn[nH]c2)c(N)c1. The van der Waals surface area contributed by atoms with E-state index in [4.69, 9.17) is 10.5 Å². The van der Waals surface area contributed by atoms with Crippen LogP contribution >= 0.6 is 0 Å². The van der Waals surface area contributed by atoms with Gasteiger partial charge in [-0.15, -0.1) is 0 Å². The number of nitrogens with zero attached hydrogens (tertiary/aromatic N) is 1. The first-order valence-electron chi connectivity index (χ1n) is 5.44. The molecule has 1 aromatic carbocycles. The zero-order chi connectivity index (χ0) is 13.9. The topological polar surface area (TPSA) is 110 Å². The number of rotatable bonds is 5. The Bertz CT molecular complexity index is 653. The van der Waals surface area contributed by atoms with Gasteiger partial charge in [-0.25, -0.2) is 13.1 Å². The fraction of sp³-hybridized carbons (Fsp3) is 0.182. The van der Waals surface area contributed by atoms with E-state index in [1.54, 1.807) is 18.5 Å². The van der Waals surface area contributed by atoms with Crippen LogP contribution < -0.4 is 15.2 Å². The van der Waals surface area contributed by atoms with Gasteiger partial charge in [0.25, 0.3) is 0 Å². The number of sulfonamides is 1. The van der Waals surface area contributed by atoms with Crippen LogP contribution in [0.3, 0.4) is 0 Å². The Morgan fingerprint density at radius 1 is 1.47 bits per heavy atom. The van der Waals surface area contributed by atoms with E-state index in [1.807, 2.05) is 0 Å². The Balaban J connectivity index is 2.19. The molecule has 0 aliphatic rings. The van der Waals surface area contributed by atoms with Gasteiger partial charge in [-0.05, 0) is 12.1 Å². The van der Waals surface area contributed by atoms with E-state index in [1.165, 1.54) is 19.2 Å². The van der Waals surface area contributed by atoms with Gasteiger partial charge in [0, 0.05) is 24.4 Å². The van der Waals surface area contributed by atoms with Gasteiger partial charge in [-0.3, -0.25) is 5.10 Å². The molecule has 2 rings (SSSR count). The summed E-state index contributed by atoms with van der Waals surface area (Å²) in [6.45, 7) is 0.143. The van der Waals surface area contributed by atoms with Crippen LogP contribution in [0.2, 0.25) is 0 Å². The van der Waals surface area contributed by atoms with E-state index < -0.39 is 10.0 Å². The summed E-state index contributed by atoms with van der Waals surface area (Å²) in [6.07, 6.45) is 3.15. The highest BCUT2D eigenvalue weighted by molar-refractivity contribution is 7.89. The highest BCUT2D eigenvalue weighted by Crippen LogP contribution is 2.23. The summed E-state index contributed by atoms with van der Waals surface area (Å²) in [7, 11) is -2.18. The number of anilines is 1. The van der Waals surface area contributed by atoms with Crippen molar-refractivity contribution >= 4 is 15.7 Å². The number of ether oxygens (including phenoxy) is 1. The highest BCUT2D eigenvalue weighted by atomic mass is 32.2. The van der Waals surface area contributed by atoms with Crippen molar-refractivity contribution in [3.05, 3.63) is 36.2 Å². The molecule has 19 heavy (non-hydrogen) atoms. The summed E-state index contributed by atoms with van der Waals surface area (Å²) in [6, 6.07) is 4.42. The Hall–Kier alpha value is -2.06. The van der Waals surface area contributed by atoms with Crippen LogP contribution in [0, 0.1) is 0 Å². The maximum atomic E-state index is 12.1. The average Bonchev–Trinajstić information content (AvgIpc) is 2.89. The molecule has 0 radical (unpaired) electrons. The highest BCUT2D eigenvalue weighted by Gasteiger charge is 2.17. The minimum atomic E-state index is -3.66.